The predicted octanol–water partition coefficient (Wildman–Crippen LogP) is 5.30. The maximum atomic E-state index is 13.3. The smallest absolute Gasteiger partial charge is 0.475 e. The topological polar surface area (TPSA) is 123 Å². The number of benzene rings is 1. The lowest BCUT2D eigenvalue weighted by Crippen LogP contribution is -2.41. The number of nitrogens with zero attached hydrogens (tertiary/aromatic N) is 1. The van der Waals surface area contributed by atoms with Gasteiger partial charge in [-0.15, -0.1) is 10.1 Å². The Morgan fingerprint density at radius 1 is 1.14 bits per heavy atom. The highest BCUT2D eigenvalue weighted by Crippen LogP contribution is 3.02. The van der Waals surface area contributed by atoms with Crippen molar-refractivity contribution in [2.75, 3.05) is 13.4 Å². The monoisotopic (exact) mass is 547 g/mol. The van der Waals surface area contributed by atoms with Gasteiger partial charge in [0.15, 0.2) is 0 Å². The van der Waals surface area contributed by atoms with Gasteiger partial charge in [-0.3, -0.25) is 0 Å². The van der Waals surface area contributed by atoms with Gasteiger partial charge in [-0.1, -0.05) is 19.4 Å². The van der Waals surface area contributed by atoms with Gasteiger partial charge in [0.05, 0.1) is 5.57 Å². The Bertz CT molecular complexity index is 1060. The van der Waals surface area contributed by atoms with Crippen LogP contribution in [-0.4, -0.2) is 49.0 Å². The van der Waals surface area contributed by atoms with Crippen LogP contribution in [0.15, 0.2) is 28.7 Å². The highest BCUT2D eigenvalue weighted by atomic mass is 32.5. The summed E-state index contributed by atoms with van der Waals surface area (Å²) in [5, 5.41) is 8.91. The fourth-order valence-corrected chi connectivity index (χ4v) is 3.12. The highest BCUT2D eigenvalue weighted by Gasteiger charge is 2.65. The molecule has 0 fully saturated rings. The molecule has 0 unspecified atom stereocenters. The summed E-state index contributed by atoms with van der Waals surface area (Å²) in [5.74, 6) is -2.76. The molecule has 0 saturated carbocycles. The minimum absolute atomic E-state index is 0.165. The lowest BCUT2D eigenvalue weighted by molar-refractivity contribution is -0.767. The van der Waals surface area contributed by atoms with Gasteiger partial charge in [0.1, 0.15) is 23.4 Å². The van der Waals surface area contributed by atoms with E-state index in [4.69, 9.17) is 0 Å². The molecule has 1 aromatic carbocycles. The fraction of sp³-hybridized carbons (Fsp3) is 0.375. The number of esters is 1. The lowest BCUT2D eigenvalue weighted by Gasteiger charge is -2.41. The van der Waals surface area contributed by atoms with E-state index in [2.05, 4.69) is 23.8 Å². The molecule has 1 aliphatic rings. The van der Waals surface area contributed by atoms with Crippen LogP contribution in [0.5, 0.6) is 5.75 Å². The molecule has 1 heterocycles. The molecule has 0 aliphatic carbocycles. The first-order valence-corrected chi connectivity index (χ1v) is 10.7. The van der Waals surface area contributed by atoms with Crippen molar-refractivity contribution < 1.29 is 71.1 Å². The van der Waals surface area contributed by atoms with Crippen LogP contribution in [0, 0.1) is 10.1 Å². The van der Waals surface area contributed by atoms with Crippen LogP contribution in [0.25, 0.3) is 6.08 Å². The molecule has 0 bridgehead atoms. The van der Waals surface area contributed by atoms with Gasteiger partial charge in [0.25, 0.3) is 5.09 Å². The van der Waals surface area contributed by atoms with Crippen LogP contribution in [0.4, 0.5) is 37.4 Å². The minimum atomic E-state index is -10.2. The third-order valence-corrected chi connectivity index (χ3v) is 5.01. The lowest BCUT2D eigenvalue weighted by atomic mass is 10.0. The van der Waals surface area contributed by atoms with Crippen molar-refractivity contribution >= 4 is 28.4 Å². The molecule has 0 spiro atoms. The summed E-state index contributed by atoms with van der Waals surface area (Å²) in [6.45, 7) is -0.931. The van der Waals surface area contributed by atoms with E-state index in [1.807, 2.05) is 0 Å². The average molecular weight is 547 g/mol. The van der Waals surface area contributed by atoms with Crippen molar-refractivity contribution in [2.24, 2.45) is 0 Å². The SMILES string of the molecule is C[C@@H](COC(=O)OCOC(=O)C1=Cc2cc(S(F)(F)(F)(F)F)ccc2O[C@@H]1C(F)(F)F)O[N+](=O)[O-]. The van der Waals surface area contributed by atoms with Gasteiger partial charge >= 0.3 is 28.5 Å². The van der Waals surface area contributed by atoms with Crippen molar-refractivity contribution in [3.05, 3.63) is 39.4 Å². The van der Waals surface area contributed by atoms with Gasteiger partial charge in [0.2, 0.25) is 12.9 Å². The van der Waals surface area contributed by atoms with E-state index in [0.717, 1.165) is 6.92 Å². The van der Waals surface area contributed by atoms with E-state index in [9.17, 15) is 52.3 Å². The van der Waals surface area contributed by atoms with E-state index in [1.165, 1.54) is 0 Å². The van der Waals surface area contributed by atoms with Crippen LogP contribution < -0.4 is 4.74 Å². The van der Waals surface area contributed by atoms with Crippen molar-refractivity contribution in [3.8, 4) is 5.75 Å². The number of rotatable bonds is 8. The summed E-state index contributed by atoms with van der Waals surface area (Å²) in [7, 11) is -10.2. The molecule has 0 N–H and O–H groups in total. The number of ether oxygens (including phenoxy) is 4. The molecule has 10 nitrogen and oxygen atoms in total. The standard InChI is InChI=1S/C16H13F8NO9S/c1-8(34-25(28)29)6-30-15(27)32-7-31-14(26)11-5-9-4-10(35(20,21,22,23)24)2-3-12(9)33-13(11)16(17,18)19/h2-5,8,13H,6-7H2,1H3/t8-,13-/m0/s1. The quantitative estimate of drug-likeness (QED) is 0.140. The molecule has 2 atom stereocenters. The van der Waals surface area contributed by atoms with Crippen molar-refractivity contribution in [1.82, 2.24) is 0 Å². The largest absolute Gasteiger partial charge is 0.511 e. The Morgan fingerprint density at radius 3 is 2.31 bits per heavy atom. The third kappa shape index (κ3) is 7.76. The number of halogens is 8. The van der Waals surface area contributed by atoms with Crippen LogP contribution in [0.1, 0.15) is 12.5 Å². The maximum Gasteiger partial charge on any atom is 0.511 e. The normalized spacial score (nSPS) is 18.4. The van der Waals surface area contributed by atoms with Crippen molar-refractivity contribution in [2.45, 2.75) is 30.2 Å². The second kappa shape index (κ2) is 8.61. The summed E-state index contributed by atoms with van der Waals surface area (Å²) in [6, 6.07) is -0.122. The van der Waals surface area contributed by atoms with E-state index < -0.39 is 81.0 Å². The predicted molar refractivity (Wildman–Crippen MR) is 97.2 cm³/mol. The minimum Gasteiger partial charge on any atom is -0.475 e. The molecule has 35 heavy (non-hydrogen) atoms. The zero-order valence-corrected chi connectivity index (χ0v) is 17.7. The van der Waals surface area contributed by atoms with E-state index in [0.29, 0.717) is 0 Å². The van der Waals surface area contributed by atoms with Crippen LogP contribution in [0.3, 0.4) is 0 Å². The molecule has 0 radical (unpaired) electrons. The first-order chi connectivity index (χ1) is 15.7. The highest BCUT2D eigenvalue weighted by molar-refractivity contribution is 8.45. The van der Waals surface area contributed by atoms with Crippen LogP contribution in [-0.2, 0) is 23.8 Å². The zero-order valence-electron chi connectivity index (χ0n) is 16.9. The fourth-order valence-electron chi connectivity index (χ4n) is 2.45. The Hall–Kier alpha value is -3.51. The number of carbonyl (C=O) groups excluding carboxylic acids is 2. The molecule has 2 rings (SSSR count). The van der Waals surface area contributed by atoms with Gasteiger partial charge in [0, 0.05) is 5.56 Å². The molecule has 0 amide bonds. The molecular weight excluding hydrogens is 534 g/mol. The zero-order chi connectivity index (χ0) is 26.9. The first-order valence-electron chi connectivity index (χ1n) is 8.78. The Labute approximate surface area is 189 Å². The van der Waals surface area contributed by atoms with Gasteiger partial charge < -0.3 is 23.8 Å². The molecule has 1 aromatic rings. The first kappa shape index (κ1) is 27.7. The Morgan fingerprint density at radius 2 is 1.77 bits per heavy atom. The van der Waals surface area contributed by atoms with Gasteiger partial charge in [-0.05, 0) is 31.2 Å². The Balaban J connectivity index is 2.16. The number of fused-ring (bicyclic) bond motifs is 1. The third-order valence-electron chi connectivity index (χ3n) is 3.87. The molecule has 19 heteroatoms. The average Bonchev–Trinajstić information content (AvgIpc) is 2.67. The number of hydrogen-bond acceptors (Lipinski definition) is 9. The summed E-state index contributed by atoms with van der Waals surface area (Å²) < 4.78 is 122. The summed E-state index contributed by atoms with van der Waals surface area (Å²) in [6.07, 6.45) is -11.0. The molecule has 0 saturated heterocycles. The van der Waals surface area contributed by atoms with Gasteiger partial charge in [-0.2, -0.15) is 13.2 Å². The van der Waals surface area contributed by atoms with Crippen molar-refractivity contribution in [1.29, 1.82) is 0 Å². The van der Waals surface area contributed by atoms with Crippen molar-refractivity contribution in [3.63, 3.8) is 0 Å². The maximum absolute atomic E-state index is 13.3. The Kier molecular flexibility index (Phi) is 6.82. The van der Waals surface area contributed by atoms with E-state index in [1.54, 1.807) is 0 Å². The molecule has 0 aromatic heterocycles. The van der Waals surface area contributed by atoms with Crippen LogP contribution >= 0.6 is 10.2 Å². The van der Waals surface area contributed by atoms with Gasteiger partial charge in [-0.25, -0.2) is 9.59 Å². The molecular formula is C16H13F8NO9S. The number of alkyl halides is 3. The number of hydrogen-bond donors (Lipinski definition) is 0. The van der Waals surface area contributed by atoms with Crippen LogP contribution in [0.2, 0.25) is 0 Å². The van der Waals surface area contributed by atoms with E-state index in [-0.39, 0.29) is 24.3 Å². The second-order valence-corrected chi connectivity index (χ2v) is 9.11. The summed E-state index contributed by atoms with van der Waals surface area (Å²) in [5.41, 5.74) is -2.36. The number of carbonyl (C=O) groups is 2. The van der Waals surface area contributed by atoms with E-state index >= 15 is 0 Å². The molecule has 198 valence electrons. The summed E-state index contributed by atoms with van der Waals surface area (Å²) >= 11 is 0. The second-order valence-electron chi connectivity index (χ2n) is 6.70. The molecule has 1 aliphatic heterocycles. The summed E-state index contributed by atoms with van der Waals surface area (Å²) in [4.78, 5) is 35.0.